The number of nitrogens with one attached hydrogen (secondary N) is 1. The minimum atomic E-state index is -3.21. The highest BCUT2D eigenvalue weighted by molar-refractivity contribution is 7.90. The molecule has 6 heteroatoms. The van der Waals surface area contributed by atoms with Crippen molar-refractivity contribution in [2.75, 3.05) is 19.4 Å². The average molecular weight is 301 g/mol. The van der Waals surface area contributed by atoms with Crippen LogP contribution in [0.3, 0.4) is 0 Å². The minimum Gasteiger partial charge on any atom is -0.396 e. The summed E-state index contributed by atoms with van der Waals surface area (Å²) in [5.41, 5.74) is 0.670. The Kier molecular flexibility index (Phi) is 6.61. The first-order chi connectivity index (χ1) is 9.38. The van der Waals surface area contributed by atoms with E-state index in [1.807, 2.05) is 6.92 Å². The van der Waals surface area contributed by atoms with Crippen LogP contribution in [-0.4, -0.2) is 44.1 Å². The van der Waals surface area contributed by atoms with Gasteiger partial charge in [0.25, 0.3) is 0 Å². The van der Waals surface area contributed by atoms with E-state index in [0.29, 0.717) is 18.5 Å². The van der Waals surface area contributed by atoms with E-state index in [0.717, 1.165) is 12.7 Å². The summed E-state index contributed by atoms with van der Waals surface area (Å²) in [6, 6.07) is 6.41. The van der Waals surface area contributed by atoms with Crippen molar-refractivity contribution < 1.29 is 18.6 Å². The molecule has 1 aromatic rings. The Morgan fingerprint density at radius 2 is 1.85 bits per heavy atom. The molecule has 2 unspecified atom stereocenters. The second-order valence-electron chi connectivity index (χ2n) is 4.88. The van der Waals surface area contributed by atoms with E-state index in [1.165, 1.54) is 12.1 Å². The van der Waals surface area contributed by atoms with Crippen LogP contribution >= 0.6 is 0 Å². The van der Waals surface area contributed by atoms with Crippen molar-refractivity contribution in [2.24, 2.45) is 0 Å². The van der Waals surface area contributed by atoms with Crippen molar-refractivity contribution >= 4 is 9.84 Å². The Labute approximate surface area is 120 Å². The molecule has 0 spiro atoms. The molecule has 20 heavy (non-hydrogen) atoms. The van der Waals surface area contributed by atoms with Gasteiger partial charge in [0.1, 0.15) is 0 Å². The molecule has 1 rings (SSSR count). The van der Waals surface area contributed by atoms with Gasteiger partial charge in [-0.1, -0.05) is 19.1 Å². The summed E-state index contributed by atoms with van der Waals surface area (Å²) in [5.74, 6) is 0. The second-order valence-corrected chi connectivity index (χ2v) is 6.90. The normalized spacial score (nSPS) is 15.0. The van der Waals surface area contributed by atoms with Crippen molar-refractivity contribution in [3.63, 3.8) is 0 Å². The van der Waals surface area contributed by atoms with Gasteiger partial charge in [-0.15, -0.1) is 0 Å². The Balaban J connectivity index is 2.62. The topological polar surface area (TPSA) is 86.6 Å². The summed E-state index contributed by atoms with van der Waals surface area (Å²) >= 11 is 0. The third-order valence-electron chi connectivity index (χ3n) is 3.26. The molecule has 3 N–H and O–H groups in total. The smallest absolute Gasteiger partial charge is 0.175 e. The molecule has 5 nitrogen and oxygen atoms in total. The number of sulfone groups is 1. The molecule has 2 atom stereocenters. The lowest BCUT2D eigenvalue weighted by atomic mass is 10.1. The molecule has 1 aromatic carbocycles. The van der Waals surface area contributed by atoms with Crippen LogP contribution in [0.1, 0.15) is 31.4 Å². The van der Waals surface area contributed by atoms with Gasteiger partial charge in [0.05, 0.1) is 11.0 Å². The molecule has 0 radical (unpaired) electrons. The molecule has 0 aromatic heterocycles. The van der Waals surface area contributed by atoms with E-state index < -0.39 is 15.9 Å². The molecule has 0 heterocycles. The second kappa shape index (κ2) is 7.73. The van der Waals surface area contributed by atoms with E-state index in [2.05, 4.69) is 5.32 Å². The third kappa shape index (κ3) is 5.20. The van der Waals surface area contributed by atoms with Gasteiger partial charge in [-0.05, 0) is 30.5 Å². The molecule has 0 aliphatic rings. The van der Waals surface area contributed by atoms with Crippen LogP contribution in [0.15, 0.2) is 29.2 Å². The zero-order valence-electron chi connectivity index (χ0n) is 11.9. The number of aliphatic hydroxyl groups excluding tert-OH is 2. The molecule has 0 bridgehead atoms. The lowest BCUT2D eigenvalue weighted by Crippen LogP contribution is -2.33. The third-order valence-corrected chi connectivity index (χ3v) is 4.39. The van der Waals surface area contributed by atoms with Crippen LogP contribution in [0.5, 0.6) is 0 Å². The maximum Gasteiger partial charge on any atom is 0.175 e. The first-order valence-corrected chi connectivity index (χ1v) is 8.60. The first-order valence-electron chi connectivity index (χ1n) is 6.70. The molecule has 0 saturated heterocycles. The maximum atomic E-state index is 11.3. The van der Waals surface area contributed by atoms with Gasteiger partial charge >= 0.3 is 0 Å². The van der Waals surface area contributed by atoms with Crippen LogP contribution in [-0.2, 0) is 9.84 Å². The van der Waals surface area contributed by atoms with Crippen molar-refractivity contribution in [1.82, 2.24) is 5.32 Å². The number of hydrogen-bond donors (Lipinski definition) is 3. The highest BCUT2D eigenvalue weighted by Crippen LogP contribution is 2.16. The van der Waals surface area contributed by atoms with Crippen molar-refractivity contribution in [3.05, 3.63) is 29.8 Å². The number of benzene rings is 1. The number of hydrogen-bond acceptors (Lipinski definition) is 5. The molecule has 0 aliphatic heterocycles. The first kappa shape index (κ1) is 17.1. The summed E-state index contributed by atoms with van der Waals surface area (Å²) in [6.45, 7) is 2.50. The predicted molar refractivity (Wildman–Crippen MR) is 78.3 cm³/mol. The van der Waals surface area contributed by atoms with Crippen molar-refractivity contribution in [3.8, 4) is 0 Å². The van der Waals surface area contributed by atoms with Gasteiger partial charge in [0.2, 0.25) is 0 Å². The van der Waals surface area contributed by atoms with E-state index in [9.17, 15) is 13.5 Å². The minimum absolute atomic E-state index is 0.116. The van der Waals surface area contributed by atoms with Crippen LogP contribution < -0.4 is 5.32 Å². The molecule has 0 saturated carbocycles. The highest BCUT2D eigenvalue weighted by atomic mass is 32.2. The fourth-order valence-electron chi connectivity index (χ4n) is 1.94. The molecular formula is C14H23NO4S. The molecule has 0 amide bonds. The zero-order valence-corrected chi connectivity index (χ0v) is 12.7. The van der Waals surface area contributed by atoms with Gasteiger partial charge in [0, 0.05) is 25.4 Å². The van der Waals surface area contributed by atoms with Gasteiger partial charge in [0.15, 0.2) is 9.84 Å². The van der Waals surface area contributed by atoms with E-state index in [4.69, 9.17) is 5.11 Å². The maximum absolute atomic E-state index is 11.3. The van der Waals surface area contributed by atoms with E-state index >= 15 is 0 Å². The van der Waals surface area contributed by atoms with Gasteiger partial charge in [-0.25, -0.2) is 8.42 Å². The molecule has 0 aliphatic carbocycles. The number of rotatable bonds is 8. The Hall–Kier alpha value is -0.950. The summed E-state index contributed by atoms with van der Waals surface area (Å²) in [6.07, 6.45) is 1.98. The highest BCUT2D eigenvalue weighted by Gasteiger charge is 2.12. The summed E-state index contributed by atoms with van der Waals surface area (Å²) in [5, 5.41) is 22.1. The monoisotopic (exact) mass is 301 g/mol. The Morgan fingerprint density at radius 1 is 1.25 bits per heavy atom. The van der Waals surface area contributed by atoms with E-state index in [1.54, 1.807) is 12.1 Å². The fourth-order valence-corrected chi connectivity index (χ4v) is 2.57. The van der Waals surface area contributed by atoms with Crippen LogP contribution in [0.4, 0.5) is 0 Å². The average Bonchev–Trinajstić information content (AvgIpc) is 2.42. The summed E-state index contributed by atoms with van der Waals surface area (Å²) in [4.78, 5) is 0.244. The fraction of sp³-hybridized carbons (Fsp3) is 0.571. The standard InChI is InChI=1S/C14H23NO4S/c1-3-12(8-9-16)15-10-14(17)11-4-6-13(7-5-11)20(2,18)19/h4-7,12,14-17H,3,8-10H2,1-2H3. The van der Waals surface area contributed by atoms with Crippen LogP contribution in [0, 0.1) is 0 Å². The largest absolute Gasteiger partial charge is 0.396 e. The number of aliphatic hydroxyl groups is 2. The Morgan fingerprint density at radius 3 is 2.30 bits per heavy atom. The molecular weight excluding hydrogens is 278 g/mol. The summed E-state index contributed by atoms with van der Waals surface area (Å²) < 4.78 is 22.7. The lowest BCUT2D eigenvalue weighted by Gasteiger charge is -2.19. The zero-order chi connectivity index (χ0) is 15.2. The molecule has 114 valence electrons. The van der Waals surface area contributed by atoms with Gasteiger partial charge in [-0.3, -0.25) is 0 Å². The van der Waals surface area contributed by atoms with Gasteiger partial charge in [-0.2, -0.15) is 0 Å². The predicted octanol–water partition coefficient (Wildman–Crippen LogP) is 0.874. The van der Waals surface area contributed by atoms with Gasteiger partial charge < -0.3 is 15.5 Å². The van der Waals surface area contributed by atoms with Crippen molar-refractivity contribution in [2.45, 2.75) is 36.8 Å². The van der Waals surface area contributed by atoms with Crippen LogP contribution in [0.2, 0.25) is 0 Å². The Bertz CT molecular complexity index is 498. The SMILES string of the molecule is CCC(CCO)NCC(O)c1ccc(S(C)(=O)=O)cc1. The summed E-state index contributed by atoms with van der Waals surface area (Å²) in [7, 11) is -3.21. The quantitative estimate of drug-likeness (QED) is 0.663. The lowest BCUT2D eigenvalue weighted by molar-refractivity contribution is 0.164. The van der Waals surface area contributed by atoms with Crippen molar-refractivity contribution in [1.29, 1.82) is 0 Å². The molecule has 0 fully saturated rings. The van der Waals surface area contributed by atoms with Crippen LogP contribution in [0.25, 0.3) is 0 Å². The van der Waals surface area contributed by atoms with E-state index in [-0.39, 0.29) is 17.5 Å².